The third kappa shape index (κ3) is 3.10. The monoisotopic (exact) mass is 308 g/mol. The van der Waals surface area contributed by atoms with E-state index in [-0.39, 0.29) is 12.3 Å². The summed E-state index contributed by atoms with van der Waals surface area (Å²) in [6.07, 6.45) is 2.01. The van der Waals surface area contributed by atoms with Gasteiger partial charge in [-0.05, 0) is 25.8 Å². The highest BCUT2D eigenvalue weighted by Crippen LogP contribution is 2.34. The molecule has 0 spiro atoms. The number of carbonyl (C=O) groups is 2. The van der Waals surface area contributed by atoms with Gasteiger partial charge in [-0.3, -0.25) is 4.79 Å². The molecule has 2 N–H and O–H groups in total. The Labute approximate surface area is 125 Å². The van der Waals surface area contributed by atoms with Crippen molar-refractivity contribution in [2.45, 2.75) is 27.2 Å². The molecule has 0 fully saturated rings. The standard InChI is InChI=1S/C13H16N4O3S/c1-4-8-7(3)21-12(10(8)13(19)20-5-2)15-11(18)9-6-14-17-16-9/h6H,4-5H2,1-3H3,(H,15,18)(H,14,16,17). The highest BCUT2D eigenvalue weighted by molar-refractivity contribution is 7.16. The molecule has 0 saturated carbocycles. The number of ether oxygens (including phenoxy) is 1. The van der Waals surface area contributed by atoms with Crippen molar-refractivity contribution in [3.8, 4) is 0 Å². The molecule has 0 aliphatic heterocycles. The second-order valence-electron chi connectivity index (χ2n) is 4.22. The molecular weight excluding hydrogens is 292 g/mol. The molecule has 1 amide bonds. The van der Waals surface area contributed by atoms with E-state index in [1.54, 1.807) is 6.92 Å². The number of thiophene rings is 1. The Bertz CT molecular complexity index is 649. The Kier molecular flexibility index (Phi) is 4.69. The van der Waals surface area contributed by atoms with Gasteiger partial charge in [-0.25, -0.2) is 4.79 Å². The molecule has 0 radical (unpaired) electrons. The summed E-state index contributed by atoms with van der Waals surface area (Å²) in [5, 5.41) is 12.9. The van der Waals surface area contributed by atoms with Crippen LogP contribution >= 0.6 is 11.3 Å². The zero-order chi connectivity index (χ0) is 15.4. The predicted molar refractivity (Wildman–Crippen MR) is 78.7 cm³/mol. The van der Waals surface area contributed by atoms with Crippen molar-refractivity contribution in [2.24, 2.45) is 0 Å². The molecule has 0 aromatic carbocycles. The van der Waals surface area contributed by atoms with E-state index in [9.17, 15) is 9.59 Å². The minimum Gasteiger partial charge on any atom is -0.462 e. The SMILES string of the molecule is CCOC(=O)c1c(NC(=O)c2cn[nH]n2)sc(C)c1CC. The van der Waals surface area contributed by atoms with Crippen molar-refractivity contribution in [1.29, 1.82) is 0 Å². The second kappa shape index (κ2) is 6.49. The minimum absolute atomic E-state index is 0.161. The molecule has 0 unspecified atom stereocenters. The Hall–Kier alpha value is -2.22. The number of anilines is 1. The number of aromatic amines is 1. The number of aromatic nitrogens is 3. The Balaban J connectivity index is 2.34. The van der Waals surface area contributed by atoms with E-state index in [1.807, 2.05) is 13.8 Å². The molecule has 0 atom stereocenters. The third-order valence-electron chi connectivity index (χ3n) is 2.92. The number of hydrogen-bond acceptors (Lipinski definition) is 6. The van der Waals surface area contributed by atoms with Crippen LogP contribution in [0, 0.1) is 6.92 Å². The lowest BCUT2D eigenvalue weighted by Crippen LogP contribution is -2.15. The van der Waals surface area contributed by atoms with Gasteiger partial charge in [-0.2, -0.15) is 15.4 Å². The van der Waals surface area contributed by atoms with Crippen LogP contribution in [0.15, 0.2) is 6.20 Å². The zero-order valence-electron chi connectivity index (χ0n) is 12.0. The molecular formula is C13H16N4O3S. The highest BCUT2D eigenvalue weighted by atomic mass is 32.1. The number of amides is 1. The lowest BCUT2D eigenvalue weighted by Gasteiger charge is -2.06. The highest BCUT2D eigenvalue weighted by Gasteiger charge is 2.24. The molecule has 0 aliphatic rings. The van der Waals surface area contributed by atoms with Gasteiger partial charge < -0.3 is 10.1 Å². The van der Waals surface area contributed by atoms with Gasteiger partial charge in [0.2, 0.25) is 0 Å². The third-order valence-corrected chi connectivity index (χ3v) is 3.98. The summed E-state index contributed by atoms with van der Waals surface area (Å²) in [6, 6.07) is 0. The normalized spacial score (nSPS) is 10.4. The van der Waals surface area contributed by atoms with Gasteiger partial charge in [0.15, 0.2) is 5.69 Å². The van der Waals surface area contributed by atoms with Crippen molar-refractivity contribution in [1.82, 2.24) is 15.4 Å². The van der Waals surface area contributed by atoms with Gasteiger partial charge in [0.05, 0.1) is 18.4 Å². The van der Waals surface area contributed by atoms with E-state index in [4.69, 9.17) is 4.74 Å². The maximum Gasteiger partial charge on any atom is 0.341 e. The van der Waals surface area contributed by atoms with Crippen LogP contribution in [-0.2, 0) is 11.2 Å². The van der Waals surface area contributed by atoms with Gasteiger partial charge >= 0.3 is 5.97 Å². The molecule has 2 rings (SSSR count). The number of nitrogens with one attached hydrogen (secondary N) is 2. The average molecular weight is 308 g/mol. The summed E-state index contributed by atoms with van der Waals surface area (Å²) in [5.74, 6) is -0.840. The molecule has 0 saturated heterocycles. The minimum atomic E-state index is -0.422. The molecule has 2 heterocycles. The number of hydrogen-bond donors (Lipinski definition) is 2. The molecule has 7 nitrogen and oxygen atoms in total. The first kappa shape index (κ1) is 15.2. The number of aryl methyl sites for hydroxylation is 1. The van der Waals surface area contributed by atoms with Crippen molar-refractivity contribution in [3.63, 3.8) is 0 Å². The number of esters is 1. The van der Waals surface area contributed by atoms with Gasteiger partial charge in [-0.15, -0.1) is 11.3 Å². The fraction of sp³-hybridized carbons (Fsp3) is 0.385. The molecule has 2 aromatic heterocycles. The summed E-state index contributed by atoms with van der Waals surface area (Å²) in [7, 11) is 0. The topological polar surface area (TPSA) is 97.0 Å². The Morgan fingerprint density at radius 1 is 1.43 bits per heavy atom. The number of rotatable bonds is 5. The molecule has 8 heteroatoms. The van der Waals surface area contributed by atoms with Crippen molar-refractivity contribution in [2.75, 3.05) is 11.9 Å². The van der Waals surface area contributed by atoms with E-state index in [2.05, 4.69) is 20.7 Å². The number of nitrogens with zero attached hydrogens (tertiary/aromatic N) is 2. The molecule has 21 heavy (non-hydrogen) atoms. The average Bonchev–Trinajstić information content (AvgIpc) is 3.06. The largest absolute Gasteiger partial charge is 0.462 e. The first-order valence-corrected chi connectivity index (χ1v) is 7.36. The van der Waals surface area contributed by atoms with Crippen LogP contribution in [0.3, 0.4) is 0 Å². The summed E-state index contributed by atoms with van der Waals surface area (Å²) >= 11 is 1.35. The van der Waals surface area contributed by atoms with Crippen LogP contribution < -0.4 is 5.32 Å². The predicted octanol–water partition coefficient (Wildman–Crippen LogP) is 2.17. The smallest absolute Gasteiger partial charge is 0.341 e. The van der Waals surface area contributed by atoms with Crippen LogP contribution in [0.1, 0.15) is 45.1 Å². The summed E-state index contributed by atoms with van der Waals surface area (Å²) < 4.78 is 5.08. The van der Waals surface area contributed by atoms with Gasteiger partial charge in [0, 0.05) is 4.88 Å². The van der Waals surface area contributed by atoms with Gasteiger partial charge in [0.25, 0.3) is 5.91 Å². The van der Waals surface area contributed by atoms with Crippen LogP contribution in [0.25, 0.3) is 0 Å². The molecule has 0 aliphatic carbocycles. The Morgan fingerprint density at radius 2 is 2.19 bits per heavy atom. The maximum atomic E-state index is 12.1. The van der Waals surface area contributed by atoms with Crippen LogP contribution in [-0.4, -0.2) is 33.9 Å². The van der Waals surface area contributed by atoms with Crippen LogP contribution in [0.5, 0.6) is 0 Å². The molecule has 0 bridgehead atoms. The van der Waals surface area contributed by atoms with Crippen molar-refractivity contribution >= 4 is 28.2 Å². The zero-order valence-corrected chi connectivity index (χ0v) is 12.8. The van der Waals surface area contributed by atoms with E-state index in [1.165, 1.54) is 17.5 Å². The lowest BCUT2D eigenvalue weighted by atomic mass is 10.1. The fourth-order valence-electron chi connectivity index (χ4n) is 1.99. The van der Waals surface area contributed by atoms with Crippen molar-refractivity contribution in [3.05, 3.63) is 27.9 Å². The van der Waals surface area contributed by atoms with Gasteiger partial charge in [-0.1, -0.05) is 6.92 Å². The fourth-order valence-corrected chi connectivity index (χ4v) is 3.12. The molecule has 2 aromatic rings. The summed E-state index contributed by atoms with van der Waals surface area (Å²) in [6.45, 7) is 5.91. The van der Waals surface area contributed by atoms with E-state index in [0.717, 1.165) is 10.4 Å². The lowest BCUT2D eigenvalue weighted by molar-refractivity contribution is 0.0527. The van der Waals surface area contributed by atoms with E-state index >= 15 is 0 Å². The van der Waals surface area contributed by atoms with Crippen molar-refractivity contribution < 1.29 is 14.3 Å². The van der Waals surface area contributed by atoms with E-state index in [0.29, 0.717) is 17.0 Å². The Morgan fingerprint density at radius 3 is 2.76 bits per heavy atom. The number of carbonyl (C=O) groups excluding carboxylic acids is 2. The van der Waals surface area contributed by atoms with Crippen LogP contribution in [0.4, 0.5) is 5.00 Å². The summed E-state index contributed by atoms with van der Waals surface area (Å²) in [4.78, 5) is 25.1. The second-order valence-corrected chi connectivity index (χ2v) is 5.45. The maximum absolute atomic E-state index is 12.1. The van der Waals surface area contributed by atoms with Crippen LogP contribution in [0.2, 0.25) is 0 Å². The molecule has 112 valence electrons. The number of H-pyrrole nitrogens is 1. The van der Waals surface area contributed by atoms with Gasteiger partial charge in [0.1, 0.15) is 5.00 Å². The van der Waals surface area contributed by atoms with E-state index < -0.39 is 11.9 Å². The summed E-state index contributed by atoms with van der Waals surface area (Å²) in [5.41, 5.74) is 1.49. The quantitative estimate of drug-likeness (QED) is 0.825. The first-order valence-electron chi connectivity index (χ1n) is 6.54. The first-order chi connectivity index (χ1) is 10.1.